The second-order valence-corrected chi connectivity index (χ2v) is 6.88. The monoisotopic (exact) mass is 434 g/mol. The Labute approximate surface area is 173 Å². The maximum atomic E-state index is 12.5. The van der Waals surface area contributed by atoms with Gasteiger partial charge in [-0.05, 0) is 12.8 Å². The van der Waals surface area contributed by atoms with E-state index in [4.69, 9.17) is 15.9 Å². The number of hydrogen-bond acceptors (Lipinski definition) is 8. The summed E-state index contributed by atoms with van der Waals surface area (Å²) in [6.45, 7) is 3.73. The van der Waals surface area contributed by atoms with Crippen LogP contribution in [0.2, 0.25) is 0 Å². The van der Waals surface area contributed by atoms with E-state index in [0.717, 1.165) is 6.92 Å². The van der Waals surface area contributed by atoms with Gasteiger partial charge in [-0.1, -0.05) is 20.3 Å². The maximum Gasteiger partial charge on any atom is 0.326 e. The molecule has 0 rings (SSSR count). The molecule has 0 radical (unpaired) electrons. The SMILES string of the molecule is CCC(C)C(NC(=O)C(NC(=O)C(CC(=O)O)NC(=O)C(N)CO)C(C)O)C(=O)O. The molecule has 0 aromatic carbocycles. The van der Waals surface area contributed by atoms with Crippen molar-refractivity contribution in [2.75, 3.05) is 6.61 Å². The molecule has 0 aliphatic rings. The zero-order chi connectivity index (χ0) is 23.6. The van der Waals surface area contributed by atoms with E-state index in [1.165, 1.54) is 0 Å². The lowest BCUT2D eigenvalue weighted by Crippen LogP contribution is -2.60. The second-order valence-electron chi connectivity index (χ2n) is 6.88. The van der Waals surface area contributed by atoms with Crippen LogP contribution in [0, 0.1) is 5.92 Å². The molecule has 0 aliphatic heterocycles. The van der Waals surface area contributed by atoms with Crippen LogP contribution in [-0.2, 0) is 24.0 Å². The van der Waals surface area contributed by atoms with E-state index >= 15 is 0 Å². The average molecular weight is 434 g/mol. The fourth-order valence-electron chi connectivity index (χ4n) is 2.33. The molecular weight excluding hydrogens is 404 g/mol. The first-order chi connectivity index (χ1) is 13.8. The number of carboxylic acid groups (broad SMARTS) is 2. The standard InChI is InChI=1S/C17H30N4O9/c1-4-7(2)12(17(29)30)20-16(28)13(8(3)23)21-15(27)10(5-11(24)25)19-14(26)9(18)6-22/h7-10,12-13,22-23H,4-6,18H2,1-3H3,(H,19,26)(H,20,28)(H,21,27)(H,24,25)(H,29,30). The van der Waals surface area contributed by atoms with Gasteiger partial charge in [0.2, 0.25) is 17.7 Å². The van der Waals surface area contributed by atoms with Gasteiger partial charge in [-0.3, -0.25) is 19.2 Å². The summed E-state index contributed by atoms with van der Waals surface area (Å²) >= 11 is 0. The molecule has 13 nitrogen and oxygen atoms in total. The van der Waals surface area contributed by atoms with E-state index in [1.54, 1.807) is 13.8 Å². The Kier molecular flexibility index (Phi) is 11.5. The van der Waals surface area contributed by atoms with Crippen LogP contribution >= 0.6 is 0 Å². The predicted molar refractivity (Wildman–Crippen MR) is 102 cm³/mol. The highest BCUT2D eigenvalue weighted by atomic mass is 16.4. The topological polar surface area (TPSA) is 228 Å². The summed E-state index contributed by atoms with van der Waals surface area (Å²) < 4.78 is 0. The van der Waals surface area contributed by atoms with Crippen LogP contribution in [0.4, 0.5) is 0 Å². The van der Waals surface area contributed by atoms with Crippen molar-refractivity contribution in [2.24, 2.45) is 11.7 Å². The Bertz CT molecular complexity index is 641. The summed E-state index contributed by atoms with van der Waals surface area (Å²) in [5.41, 5.74) is 5.32. The Morgan fingerprint density at radius 2 is 1.43 bits per heavy atom. The van der Waals surface area contributed by atoms with E-state index in [9.17, 15) is 34.2 Å². The van der Waals surface area contributed by atoms with Gasteiger partial charge >= 0.3 is 11.9 Å². The van der Waals surface area contributed by atoms with E-state index in [0.29, 0.717) is 6.42 Å². The van der Waals surface area contributed by atoms with Crippen LogP contribution in [0.25, 0.3) is 0 Å². The fraction of sp³-hybridized carbons (Fsp3) is 0.706. The molecule has 0 spiro atoms. The molecule has 30 heavy (non-hydrogen) atoms. The van der Waals surface area contributed by atoms with Crippen molar-refractivity contribution in [3.8, 4) is 0 Å². The van der Waals surface area contributed by atoms with Gasteiger partial charge in [0.25, 0.3) is 0 Å². The van der Waals surface area contributed by atoms with Gasteiger partial charge in [-0.2, -0.15) is 0 Å². The minimum atomic E-state index is -1.66. The van der Waals surface area contributed by atoms with E-state index < -0.39 is 78.9 Å². The molecule has 0 saturated heterocycles. The molecule has 9 N–H and O–H groups in total. The van der Waals surface area contributed by atoms with Gasteiger partial charge in [0.1, 0.15) is 24.2 Å². The number of rotatable bonds is 13. The summed E-state index contributed by atoms with van der Waals surface area (Å²) in [4.78, 5) is 59.1. The summed E-state index contributed by atoms with van der Waals surface area (Å²) in [7, 11) is 0. The predicted octanol–water partition coefficient (Wildman–Crippen LogP) is -3.25. The molecule has 0 bridgehead atoms. The third-order valence-electron chi connectivity index (χ3n) is 4.38. The minimum absolute atomic E-state index is 0.431. The van der Waals surface area contributed by atoms with Gasteiger partial charge in [0, 0.05) is 0 Å². The summed E-state index contributed by atoms with van der Waals surface area (Å²) in [5.74, 6) is -6.32. The van der Waals surface area contributed by atoms with Crippen molar-refractivity contribution in [1.29, 1.82) is 0 Å². The highest BCUT2D eigenvalue weighted by Gasteiger charge is 2.34. The molecule has 6 unspecified atom stereocenters. The highest BCUT2D eigenvalue weighted by molar-refractivity contribution is 5.95. The van der Waals surface area contributed by atoms with Crippen LogP contribution in [0.1, 0.15) is 33.6 Å². The maximum absolute atomic E-state index is 12.5. The number of nitrogens with one attached hydrogen (secondary N) is 3. The Balaban J connectivity index is 5.45. The van der Waals surface area contributed by atoms with E-state index in [-0.39, 0.29) is 0 Å². The van der Waals surface area contributed by atoms with Crippen molar-refractivity contribution >= 4 is 29.7 Å². The molecular formula is C17H30N4O9. The van der Waals surface area contributed by atoms with E-state index in [1.807, 2.05) is 5.32 Å². The lowest BCUT2D eigenvalue weighted by molar-refractivity contribution is -0.145. The van der Waals surface area contributed by atoms with Crippen LogP contribution < -0.4 is 21.7 Å². The number of carbonyl (C=O) groups excluding carboxylic acids is 3. The summed E-state index contributed by atoms with van der Waals surface area (Å²) in [6.07, 6.45) is -1.91. The smallest absolute Gasteiger partial charge is 0.326 e. The van der Waals surface area contributed by atoms with Crippen molar-refractivity contribution < 1.29 is 44.4 Å². The first-order valence-electron chi connectivity index (χ1n) is 9.25. The molecule has 0 aliphatic carbocycles. The zero-order valence-corrected chi connectivity index (χ0v) is 17.0. The largest absolute Gasteiger partial charge is 0.481 e. The number of carbonyl (C=O) groups is 5. The number of aliphatic hydroxyl groups is 2. The first-order valence-corrected chi connectivity index (χ1v) is 9.25. The minimum Gasteiger partial charge on any atom is -0.481 e. The summed E-state index contributed by atoms with van der Waals surface area (Å²) in [6, 6.07) is -5.97. The van der Waals surface area contributed by atoms with Crippen molar-refractivity contribution in [1.82, 2.24) is 16.0 Å². The van der Waals surface area contributed by atoms with Crippen LogP contribution in [-0.4, -0.2) is 87.0 Å². The number of carboxylic acids is 2. The van der Waals surface area contributed by atoms with Crippen LogP contribution in [0.15, 0.2) is 0 Å². The quantitative estimate of drug-likeness (QED) is 0.144. The Hall–Kier alpha value is -2.77. The molecule has 0 fully saturated rings. The Morgan fingerprint density at radius 1 is 0.900 bits per heavy atom. The third kappa shape index (κ3) is 8.71. The number of amides is 3. The lowest BCUT2D eigenvalue weighted by Gasteiger charge is -2.27. The van der Waals surface area contributed by atoms with Gasteiger partial charge < -0.3 is 42.1 Å². The number of aliphatic carboxylic acids is 2. The highest BCUT2D eigenvalue weighted by Crippen LogP contribution is 2.09. The van der Waals surface area contributed by atoms with E-state index in [2.05, 4.69) is 10.6 Å². The molecule has 13 heteroatoms. The Morgan fingerprint density at radius 3 is 1.83 bits per heavy atom. The number of hydrogen-bond donors (Lipinski definition) is 8. The van der Waals surface area contributed by atoms with Gasteiger partial charge in [-0.25, -0.2) is 4.79 Å². The third-order valence-corrected chi connectivity index (χ3v) is 4.38. The summed E-state index contributed by atoms with van der Waals surface area (Å²) in [5, 5.41) is 43.4. The molecule has 0 aromatic rings. The second kappa shape index (κ2) is 12.7. The van der Waals surface area contributed by atoms with Crippen molar-refractivity contribution in [3.05, 3.63) is 0 Å². The molecule has 0 aromatic heterocycles. The first kappa shape index (κ1) is 27.2. The number of nitrogens with two attached hydrogens (primary N) is 1. The molecule has 0 heterocycles. The van der Waals surface area contributed by atoms with Crippen molar-refractivity contribution in [2.45, 2.75) is 63.9 Å². The molecule has 0 saturated carbocycles. The van der Waals surface area contributed by atoms with Crippen LogP contribution in [0.5, 0.6) is 0 Å². The molecule has 172 valence electrons. The number of aliphatic hydroxyl groups excluding tert-OH is 2. The van der Waals surface area contributed by atoms with Gasteiger partial charge in [0.05, 0.1) is 19.1 Å². The zero-order valence-electron chi connectivity index (χ0n) is 17.0. The van der Waals surface area contributed by atoms with Gasteiger partial charge in [-0.15, -0.1) is 0 Å². The lowest BCUT2D eigenvalue weighted by atomic mass is 9.98. The van der Waals surface area contributed by atoms with Gasteiger partial charge in [0.15, 0.2) is 0 Å². The molecule has 3 amide bonds. The normalized spacial score (nSPS) is 16.9. The molecule has 6 atom stereocenters. The fourth-order valence-corrected chi connectivity index (χ4v) is 2.33. The van der Waals surface area contributed by atoms with Crippen molar-refractivity contribution in [3.63, 3.8) is 0 Å². The average Bonchev–Trinajstić information content (AvgIpc) is 2.66. The van der Waals surface area contributed by atoms with Crippen LogP contribution in [0.3, 0.4) is 0 Å².